The first kappa shape index (κ1) is 21.1. The summed E-state index contributed by atoms with van der Waals surface area (Å²) >= 11 is 0. The van der Waals surface area contributed by atoms with Crippen LogP contribution in [0.5, 0.6) is 5.75 Å². The number of carbonyl (C=O) groups is 1. The fourth-order valence-corrected chi connectivity index (χ4v) is 2.88. The average Bonchev–Trinajstić information content (AvgIpc) is 2.78. The summed E-state index contributed by atoms with van der Waals surface area (Å²) in [6, 6.07) is 25.9. The van der Waals surface area contributed by atoms with Crippen LogP contribution in [0.4, 0.5) is 0 Å². The number of hydrogen-bond donors (Lipinski definition) is 2. The second kappa shape index (κ2) is 9.71. The van der Waals surface area contributed by atoms with E-state index in [1.807, 2.05) is 60.7 Å². The summed E-state index contributed by atoms with van der Waals surface area (Å²) < 4.78 is 11.1. The molecule has 0 heterocycles. The van der Waals surface area contributed by atoms with Crippen LogP contribution in [-0.4, -0.2) is 22.4 Å². The minimum atomic E-state index is -1.63. The Hall–Kier alpha value is -3.64. The van der Waals surface area contributed by atoms with Gasteiger partial charge in [0.1, 0.15) is 24.7 Å². The zero-order chi connectivity index (χ0) is 21.4. The molecule has 0 amide bonds. The molecule has 0 aliphatic carbocycles. The van der Waals surface area contributed by atoms with Gasteiger partial charge in [-0.1, -0.05) is 65.8 Å². The van der Waals surface area contributed by atoms with Crippen molar-refractivity contribution in [3.8, 4) is 5.75 Å². The lowest BCUT2D eigenvalue weighted by atomic mass is 9.91. The number of esters is 1. The second-order valence-electron chi connectivity index (χ2n) is 7.01. The molecule has 3 aromatic carbocycles. The predicted molar refractivity (Wildman–Crippen MR) is 114 cm³/mol. The van der Waals surface area contributed by atoms with Crippen LogP contribution in [-0.2, 0) is 22.7 Å². The monoisotopic (exact) mass is 404 g/mol. The molecule has 6 nitrogen and oxygen atoms in total. The maximum absolute atomic E-state index is 12.6. The highest BCUT2D eigenvalue weighted by Gasteiger charge is 2.38. The lowest BCUT2D eigenvalue weighted by molar-refractivity contribution is -0.148. The summed E-state index contributed by atoms with van der Waals surface area (Å²) in [6.07, 6.45) is 0. The highest BCUT2D eigenvalue weighted by molar-refractivity contribution is 6.18. The smallest absolute Gasteiger partial charge is 0.332 e. The van der Waals surface area contributed by atoms with E-state index < -0.39 is 11.5 Å². The number of ether oxygens (including phenoxy) is 2. The molecule has 0 saturated carbocycles. The Morgan fingerprint density at radius 3 is 1.97 bits per heavy atom. The van der Waals surface area contributed by atoms with E-state index in [9.17, 15) is 10.0 Å². The van der Waals surface area contributed by atoms with Crippen LogP contribution in [0.3, 0.4) is 0 Å². The lowest BCUT2D eigenvalue weighted by Crippen LogP contribution is -2.53. The number of nitrogens with two attached hydrogens (primary N) is 1. The first-order valence-corrected chi connectivity index (χ1v) is 9.50. The maximum atomic E-state index is 12.6. The van der Waals surface area contributed by atoms with Gasteiger partial charge >= 0.3 is 5.97 Å². The first-order chi connectivity index (χ1) is 14.5. The quantitative estimate of drug-likeness (QED) is 0.257. The minimum absolute atomic E-state index is 0.00942. The molecule has 3 N–H and O–H groups in total. The van der Waals surface area contributed by atoms with E-state index in [1.54, 1.807) is 24.3 Å². The van der Waals surface area contributed by atoms with Crippen molar-refractivity contribution in [2.45, 2.75) is 25.7 Å². The zero-order valence-electron chi connectivity index (χ0n) is 16.7. The van der Waals surface area contributed by atoms with Crippen molar-refractivity contribution in [2.75, 3.05) is 0 Å². The van der Waals surface area contributed by atoms with Crippen molar-refractivity contribution in [2.24, 2.45) is 10.9 Å². The van der Waals surface area contributed by atoms with E-state index in [1.165, 1.54) is 6.92 Å². The van der Waals surface area contributed by atoms with Gasteiger partial charge in [-0.05, 0) is 42.3 Å². The van der Waals surface area contributed by atoms with E-state index in [-0.39, 0.29) is 12.3 Å². The molecule has 30 heavy (non-hydrogen) atoms. The van der Waals surface area contributed by atoms with Gasteiger partial charge in [0.15, 0.2) is 5.54 Å². The fourth-order valence-electron chi connectivity index (χ4n) is 2.88. The van der Waals surface area contributed by atoms with Crippen molar-refractivity contribution in [1.82, 2.24) is 0 Å². The number of oxime groups is 1. The van der Waals surface area contributed by atoms with Gasteiger partial charge < -0.3 is 20.4 Å². The Balaban J connectivity index is 1.65. The molecule has 0 spiro atoms. The van der Waals surface area contributed by atoms with Gasteiger partial charge in [-0.2, -0.15) is 0 Å². The largest absolute Gasteiger partial charge is 0.489 e. The molecule has 0 radical (unpaired) electrons. The number of carbonyl (C=O) groups excluding carboxylic acids is 1. The Bertz CT molecular complexity index is 985. The molecular formula is C24H24N2O4. The van der Waals surface area contributed by atoms with Crippen molar-refractivity contribution in [3.05, 3.63) is 102 Å². The molecule has 0 fully saturated rings. The SMILES string of the molecule is C[C@](N)(C(=O)OCc1ccccc1)C(=NO)c1ccc(OCc2ccccc2)cc1. The Kier molecular flexibility index (Phi) is 6.83. The van der Waals surface area contributed by atoms with Gasteiger partial charge in [-0.25, -0.2) is 4.79 Å². The standard InChI is InChI=1S/C24H24N2O4/c1-24(25,23(27)30-17-19-10-6-3-7-11-19)22(26-28)20-12-14-21(15-13-20)29-16-18-8-4-2-5-9-18/h2-15,28H,16-17,25H2,1H3/t24-/m1/s1. The van der Waals surface area contributed by atoms with Gasteiger partial charge in [0.05, 0.1) is 0 Å². The lowest BCUT2D eigenvalue weighted by Gasteiger charge is -2.24. The van der Waals surface area contributed by atoms with Crippen LogP contribution < -0.4 is 10.5 Å². The number of rotatable bonds is 8. The summed E-state index contributed by atoms with van der Waals surface area (Å²) in [6.45, 7) is 1.97. The third kappa shape index (κ3) is 5.24. The van der Waals surface area contributed by atoms with E-state index >= 15 is 0 Å². The number of nitrogens with zero attached hydrogens (tertiary/aromatic N) is 1. The predicted octanol–water partition coefficient (Wildman–Crippen LogP) is 3.90. The van der Waals surface area contributed by atoms with Gasteiger partial charge in [0.25, 0.3) is 0 Å². The number of hydrogen-bond acceptors (Lipinski definition) is 6. The van der Waals surface area contributed by atoms with E-state index in [0.29, 0.717) is 17.9 Å². The molecule has 3 rings (SSSR count). The summed E-state index contributed by atoms with van der Waals surface area (Å²) in [5.41, 5.74) is 6.95. The van der Waals surface area contributed by atoms with Crippen molar-refractivity contribution in [3.63, 3.8) is 0 Å². The molecule has 154 valence electrons. The molecule has 3 aromatic rings. The van der Waals surface area contributed by atoms with Crippen LogP contribution in [0, 0.1) is 0 Å². The highest BCUT2D eigenvalue weighted by Crippen LogP contribution is 2.19. The van der Waals surface area contributed by atoms with Gasteiger partial charge in [-0.3, -0.25) is 0 Å². The van der Waals surface area contributed by atoms with Gasteiger partial charge in [-0.15, -0.1) is 0 Å². The third-order valence-electron chi connectivity index (χ3n) is 4.60. The van der Waals surface area contributed by atoms with Crippen molar-refractivity contribution in [1.29, 1.82) is 0 Å². The van der Waals surface area contributed by atoms with Crippen LogP contribution in [0.2, 0.25) is 0 Å². The third-order valence-corrected chi connectivity index (χ3v) is 4.60. The summed E-state index contributed by atoms with van der Waals surface area (Å²) in [5, 5.41) is 12.8. The van der Waals surface area contributed by atoms with E-state index in [2.05, 4.69) is 5.16 Å². The first-order valence-electron chi connectivity index (χ1n) is 9.50. The molecular weight excluding hydrogens is 380 g/mol. The Labute approximate surface area is 175 Å². The molecule has 0 unspecified atom stereocenters. The van der Waals surface area contributed by atoms with Gasteiger partial charge in [0, 0.05) is 5.56 Å². The Morgan fingerprint density at radius 2 is 1.43 bits per heavy atom. The Morgan fingerprint density at radius 1 is 0.900 bits per heavy atom. The van der Waals surface area contributed by atoms with Crippen LogP contribution >= 0.6 is 0 Å². The fraction of sp³-hybridized carbons (Fsp3) is 0.167. The molecule has 0 aromatic heterocycles. The molecule has 0 aliphatic rings. The normalized spacial score (nSPS) is 13.3. The number of benzene rings is 3. The summed E-state index contributed by atoms with van der Waals surface area (Å²) in [5.74, 6) is -0.0474. The second-order valence-corrected chi connectivity index (χ2v) is 7.01. The molecule has 0 aliphatic heterocycles. The highest BCUT2D eigenvalue weighted by atomic mass is 16.5. The zero-order valence-corrected chi connectivity index (χ0v) is 16.7. The van der Waals surface area contributed by atoms with Crippen molar-refractivity contribution < 1.29 is 19.5 Å². The summed E-state index contributed by atoms with van der Waals surface area (Å²) in [4.78, 5) is 12.6. The van der Waals surface area contributed by atoms with Crippen LogP contribution in [0.15, 0.2) is 90.1 Å². The average molecular weight is 404 g/mol. The maximum Gasteiger partial charge on any atom is 0.332 e. The molecule has 0 bridgehead atoms. The topological polar surface area (TPSA) is 94.1 Å². The molecule has 1 atom stereocenters. The van der Waals surface area contributed by atoms with Crippen LogP contribution in [0.25, 0.3) is 0 Å². The minimum Gasteiger partial charge on any atom is -0.489 e. The van der Waals surface area contributed by atoms with Crippen LogP contribution in [0.1, 0.15) is 23.6 Å². The summed E-state index contributed by atoms with van der Waals surface area (Å²) in [7, 11) is 0. The van der Waals surface area contributed by atoms with Gasteiger partial charge in [0.2, 0.25) is 0 Å². The molecule has 6 heteroatoms. The van der Waals surface area contributed by atoms with Crippen molar-refractivity contribution >= 4 is 11.7 Å². The van der Waals surface area contributed by atoms with E-state index in [0.717, 1.165) is 11.1 Å². The molecule has 0 saturated heterocycles. The van der Waals surface area contributed by atoms with E-state index in [4.69, 9.17) is 15.2 Å².